The molecule has 2 aromatic heterocycles. The highest BCUT2D eigenvalue weighted by molar-refractivity contribution is 8.01. The van der Waals surface area contributed by atoms with E-state index < -0.39 is 5.97 Å². The maximum absolute atomic E-state index is 12.6. The number of ketones is 1. The molecule has 0 unspecified atom stereocenters. The second kappa shape index (κ2) is 7.81. The van der Waals surface area contributed by atoms with Gasteiger partial charge in [-0.3, -0.25) is 14.5 Å². The number of esters is 1. The molecule has 0 aliphatic heterocycles. The van der Waals surface area contributed by atoms with E-state index in [1.165, 1.54) is 37.1 Å². The summed E-state index contributed by atoms with van der Waals surface area (Å²) in [5.74, 6) is -0.502. The Kier molecular flexibility index (Phi) is 5.66. The summed E-state index contributed by atoms with van der Waals surface area (Å²) in [5.41, 5.74) is 1.98. The number of carbonyl (C=O) groups excluding carboxylic acids is 3. The zero-order valence-electron chi connectivity index (χ0n) is 15.5. The number of nitrogens with one attached hydrogen (secondary N) is 1. The summed E-state index contributed by atoms with van der Waals surface area (Å²) in [6, 6.07) is 0.219. The Hall–Kier alpha value is -2.20. The van der Waals surface area contributed by atoms with Gasteiger partial charge >= 0.3 is 5.97 Å². The average Bonchev–Trinajstić information content (AvgIpc) is 3.25. The maximum atomic E-state index is 12.6. The van der Waals surface area contributed by atoms with Gasteiger partial charge in [-0.15, -0.1) is 10.2 Å². The highest BCUT2D eigenvalue weighted by atomic mass is 32.2. The molecule has 1 amide bonds. The van der Waals surface area contributed by atoms with Crippen molar-refractivity contribution < 1.29 is 19.1 Å². The quantitative estimate of drug-likeness (QED) is 0.325. The molecule has 10 heteroatoms. The molecule has 0 aromatic carbocycles. The second-order valence-electron chi connectivity index (χ2n) is 6.30. The molecule has 1 aliphatic rings. The van der Waals surface area contributed by atoms with E-state index in [1.807, 2.05) is 0 Å². The van der Waals surface area contributed by atoms with Gasteiger partial charge in [-0.05, 0) is 32.3 Å². The number of aryl methyl sites for hydroxylation is 1. The van der Waals surface area contributed by atoms with Crippen LogP contribution in [0.1, 0.15) is 51.9 Å². The van der Waals surface area contributed by atoms with Gasteiger partial charge in [0.05, 0.1) is 24.1 Å². The van der Waals surface area contributed by atoms with Crippen LogP contribution in [0.25, 0.3) is 0 Å². The molecule has 144 valence electrons. The number of nitrogens with zero attached hydrogens (tertiary/aromatic N) is 3. The number of aromatic amines is 1. The van der Waals surface area contributed by atoms with E-state index in [0.29, 0.717) is 32.0 Å². The lowest BCUT2D eigenvalue weighted by atomic mass is 10.1. The predicted molar refractivity (Wildman–Crippen MR) is 103 cm³/mol. The van der Waals surface area contributed by atoms with Gasteiger partial charge in [0.15, 0.2) is 10.1 Å². The van der Waals surface area contributed by atoms with E-state index >= 15 is 0 Å². The number of anilines is 1. The number of rotatable bonds is 7. The van der Waals surface area contributed by atoms with Crippen LogP contribution in [0.3, 0.4) is 0 Å². The molecule has 3 rings (SSSR count). The molecule has 0 spiro atoms. The Labute approximate surface area is 164 Å². The van der Waals surface area contributed by atoms with Gasteiger partial charge in [-0.25, -0.2) is 4.79 Å². The maximum Gasteiger partial charge on any atom is 0.339 e. The first-order valence-electron chi connectivity index (χ1n) is 8.40. The molecule has 2 heterocycles. The molecule has 1 fully saturated rings. The summed E-state index contributed by atoms with van der Waals surface area (Å²) in [6.45, 7) is 4.97. The Morgan fingerprint density at radius 1 is 1.30 bits per heavy atom. The normalized spacial score (nSPS) is 13.5. The van der Waals surface area contributed by atoms with Crippen molar-refractivity contribution in [2.45, 2.75) is 44.0 Å². The lowest BCUT2D eigenvalue weighted by Crippen LogP contribution is -2.30. The minimum absolute atomic E-state index is 0.0471. The van der Waals surface area contributed by atoms with Crippen LogP contribution >= 0.6 is 23.1 Å². The van der Waals surface area contributed by atoms with E-state index in [1.54, 1.807) is 18.7 Å². The predicted octanol–water partition coefficient (Wildman–Crippen LogP) is 2.76. The monoisotopic (exact) mass is 408 g/mol. The molecule has 8 nitrogen and oxygen atoms in total. The lowest BCUT2D eigenvalue weighted by Gasteiger charge is -2.15. The topological polar surface area (TPSA) is 105 Å². The largest absolute Gasteiger partial charge is 0.465 e. The van der Waals surface area contributed by atoms with Gasteiger partial charge in [0.25, 0.3) is 0 Å². The fourth-order valence-corrected chi connectivity index (χ4v) is 4.70. The molecule has 27 heavy (non-hydrogen) atoms. The number of hydrogen-bond acceptors (Lipinski definition) is 8. The summed E-state index contributed by atoms with van der Waals surface area (Å²) in [7, 11) is 1.31. The molecule has 1 saturated carbocycles. The van der Waals surface area contributed by atoms with Crippen LogP contribution < -0.4 is 4.90 Å². The average molecular weight is 409 g/mol. The third-order valence-corrected chi connectivity index (χ3v) is 6.34. The smallest absolute Gasteiger partial charge is 0.339 e. The standard InChI is InChI=1S/C17H20N4O4S2/c1-8-13(15(24)25-4)9(2)18-14(8)12(23)7-26-17-20-19-16(27-17)21(10(3)22)11-5-6-11/h11,18H,5-7H2,1-4H3. The Morgan fingerprint density at radius 2 is 2.00 bits per heavy atom. The minimum Gasteiger partial charge on any atom is -0.465 e. The fourth-order valence-electron chi connectivity index (χ4n) is 2.88. The van der Waals surface area contributed by atoms with Crippen molar-refractivity contribution in [1.82, 2.24) is 15.2 Å². The Bertz CT molecular complexity index is 901. The zero-order valence-corrected chi connectivity index (χ0v) is 17.1. The number of thioether (sulfide) groups is 1. The molecule has 1 aliphatic carbocycles. The van der Waals surface area contributed by atoms with Gasteiger partial charge in [0.2, 0.25) is 11.0 Å². The third-order valence-electron chi connectivity index (χ3n) is 4.29. The Balaban J connectivity index is 1.68. The van der Waals surface area contributed by atoms with Crippen molar-refractivity contribution >= 4 is 45.9 Å². The first kappa shape index (κ1) is 19.6. The number of ether oxygens (including phenoxy) is 1. The highest BCUT2D eigenvalue weighted by Gasteiger charge is 2.34. The SMILES string of the molecule is COC(=O)c1c(C)[nH]c(C(=O)CSc2nnc(N(C(C)=O)C3CC3)s2)c1C. The van der Waals surface area contributed by atoms with Crippen molar-refractivity contribution in [1.29, 1.82) is 0 Å². The number of H-pyrrole nitrogens is 1. The van der Waals surface area contributed by atoms with Gasteiger partial charge in [0.1, 0.15) is 0 Å². The van der Waals surface area contributed by atoms with Crippen molar-refractivity contribution in [3.63, 3.8) is 0 Å². The summed E-state index contributed by atoms with van der Waals surface area (Å²) in [6.07, 6.45) is 1.96. The molecule has 2 aromatic rings. The van der Waals surface area contributed by atoms with E-state index in [9.17, 15) is 14.4 Å². The first-order valence-corrected chi connectivity index (χ1v) is 10.2. The molecular weight excluding hydrogens is 388 g/mol. The van der Waals surface area contributed by atoms with Crippen LogP contribution in [0.2, 0.25) is 0 Å². The fraction of sp³-hybridized carbons (Fsp3) is 0.471. The summed E-state index contributed by atoms with van der Waals surface area (Å²) < 4.78 is 5.39. The van der Waals surface area contributed by atoms with E-state index in [2.05, 4.69) is 15.2 Å². The molecular formula is C17H20N4O4S2. The summed E-state index contributed by atoms with van der Waals surface area (Å²) in [5, 5.41) is 8.74. The minimum atomic E-state index is -0.467. The molecule has 0 radical (unpaired) electrons. The second-order valence-corrected chi connectivity index (χ2v) is 8.48. The van der Waals surface area contributed by atoms with Crippen LogP contribution in [-0.4, -0.2) is 51.7 Å². The van der Waals surface area contributed by atoms with E-state index in [4.69, 9.17) is 4.74 Å². The van der Waals surface area contributed by atoms with Crippen LogP contribution in [0, 0.1) is 13.8 Å². The number of carbonyl (C=O) groups is 3. The van der Waals surface area contributed by atoms with Crippen molar-refractivity contribution in [3.8, 4) is 0 Å². The van der Waals surface area contributed by atoms with Crippen LogP contribution in [0.5, 0.6) is 0 Å². The summed E-state index contributed by atoms with van der Waals surface area (Å²) in [4.78, 5) is 40.9. The van der Waals surface area contributed by atoms with Gasteiger partial charge < -0.3 is 9.72 Å². The molecule has 0 bridgehead atoms. The van der Waals surface area contributed by atoms with Crippen molar-refractivity contribution in [3.05, 3.63) is 22.5 Å². The van der Waals surface area contributed by atoms with Crippen LogP contribution in [0.4, 0.5) is 5.13 Å². The number of methoxy groups -OCH3 is 1. The van der Waals surface area contributed by atoms with E-state index in [-0.39, 0.29) is 23.5 Å². The van der Waals surface area contributed by atoms with Crippen LogP contribution in [0.15, 0.2) is 4.34 Å². The number of aromatic nitrogens is 3. The Morgan fingerprint density at radius 3 is 2.59 bits per heavy atom. The number of hydrogen-bond donors (Lipinski definition) is 1. The lowest BCUT2D eigenvalue weighted by molar-refractivity contribution is -0.116. The van der Waals surface area contributed by atoms with Crippen molar-refractivity contribution in [2.24, 2.45) is 0 Å². The van der Waals surface area contributed by atoms with Gasteiger partial charge in [-0.2, -0.15) is 0 Å². The van der Waals surface area contributed by atoms with Crippen molar-refractivity contribution in [2.75, 3.05) is 17.8 Å². The third kappa shape index (κ3) is 4.06. The first-order chi connectivity index (χ1) is 12.8. The zero-order chi connectivity index (χ0) is 19.7. The molecule has 1 N–H and O–H groups in total. The number of Topliss-reactive ketones (excluding diaryl/α,β-unsaturated/α-hetero) is 1. The highest BCUT2D eigenvalue weighted by Crippen LogP contribution is 2.36. The van der Waals surface area contributed by atoms with Gasteiger partial charge in [-0.1, -0.05) is 23.1 Å². The molecule has 0 atom stereocenters. The van der Waals surface area contributed by atoms with Gasteiger partial charge in [0, 0.05) is 18.7 Å². The molecule has 0 saturated heterocycles. The summed E-state index contributed by atoms with van der Waals surface area (Å²) >= 11 is 2.57. The van der Waals surface area contributed by atoms with E-state index in [0.717, 1.165) is 12.8 Å². The van der Waals surface area contributed by atoms with Crippen LogP contribution in [-0.2, 0) is 9.53 Å². The number of amides is 1.